The van der Waals surface area contributed by atoms with Crippen LogP contribution in [-0.2, 0) is 6.61 Å². The number of hydrogen-bond donors (Lipinski definition) is 1. The predicted octanol–water partition coefficient (Wildman–Crippen LogP) is 3.12. The molecule has 0 aromatic heterocycles. The summed E-state index contributed by atoms with van der Waals surface area (Å²) in [7, 11) is 1.59. The Kier molecular flexibility index (Phi) is 3.67. The molecule has 0 heterocycles. The van der Waals surface area contributed by atoms with E-state index in [-0.39, 0.29) is 18.1 Å². The Bertz CT molecular complexity index is 523. The summed E-state index contributed by atoms with van der Waals surface area (Å²) < 4.78 is 23.3. The van der Waals surface area contributed by atoms with Crippen LogP contribution in [0.1, 0.15) is 5.56 Å². The zero-order valence-corrected chi connectivity index (χ0v) is 9.89. The number of aromatic hydroxyl groups is 1. The molecule has 0 aliphatic heterocycles. The third-order valence-corrected chi connectivity index (χ3v) is 2.48. The monoisotopic (exact) mass is 248 g/mol. The molecule has 1 N–H and O–H groups in total. The van der Waals surface area contributed by atoms with Crippen molar-refractivity contribution in [3.8, 4) is 17.2 Å². The van der Waals surface area contributed by atoms with Gasteiger partial charge in [-0.3, -0.25) is 0 Å². The third-order valence-electron chi connectivity index (χ3n) is 2.48. The van der Waals surface area contributed by atoms with Gasteiger partial charge < -0.3 is 14.6 Å². The number of rotatable bonds is 4. The van der Waals surface area contributed by atoms with E-state index < -0.39 is 5.82 Å². The molecule has 4 heteroatoms. The summed E-state index contributed by atoms with van der Waals surface area (Å²) in [5, 5.41) is 9.48. The highest BCUT2D eigenvalue weighted by Gasteiger charge is 2.04. The van der Waals surface area contributed by atoms with E-state index in [1.54, 1.807) is 7.11 Å². The van der Waals surface area contributed by atoms with Crippen LogP contribution in [0.5, 0.6) is 17.2 Å². The summed E-state index contributed by atoms with van der Waals surface area (Å²) in [6.45, 7) is 0.251. The summed E-state index contributed by atoms with van der Waals surface area (Å²) in [6, 6.07) is 10.9. The maximum absolute atomic E-state index is 13.0. The average molecular weight is 248 g/mol. The van der Waals surface area contributed by atoms with Gasteiger partial charge in [0, 0.05) is 6.07 Å². The van der Waals surface area contributed by atoms with E-state index in [0.717, 1.165) is 17.4 Å². The van der Waals surface area contributed by atoms with Gasteiger partial charge in [0.2, 0.25) is 0 Å². The molecule has 2 aromatic rings. The molecule has 0 saturated heterocycles. The van der Waals surface area contributed by atoms with Crippen molar-refractivity contribution < 1.29 is 19.0 Å². The molecule has 2 aromatic carbocycles. The van der Waals surface area contributed by atoms with Crippen molar-refractivity contribution in [3.05, 3.63) is 53.8 Å². The second kappa shape index (κ2) is 5.40. The first-order valence-electron chi connectivity index (χ1n) is 5.43. The predicted molar refractivity (Wildman–Crippen MR) is 65.4 cm³/mol. The van der Waals surface area contributed by atoms with E-state index >= 15 is 0 Å². The van der Waals surface area contributed by atoms with Crippen LogP contribution in [0.4, 0.5) is 4.39 Å². The molecule has 0 fully saturated rings. The molecule has 3 nitrogen and oxygen atoms in total. The first kappa shape index (κ1) is 12.2. The summed E-state index contributed by atoms with van der Waals surface area (Å²) in [4.78, 5) is 0. The molecule has 0 atom stereocenters. The Hall–Kier alpha value is -2.23. The minimum absolute atomic E-state index is 0.0788. The molecule has 0 amide bonds. The molecule has 0 radical (unpaired) electrons. The van der Waals surface area contributed by atoms with Gasteiger partial charge in [-0.05, 0) is 29.8 Å². The van der Waals surface area contributed by atoms with E-state index in [1.165, 1.54) is 12.1 Å². The molecule has 0 aliphatic carbocycles. The van der Waals surface area contributed by atoms with Crippen LogP contribution < -0.4 is 9.47 Å². The SMILES string of the molecule is COc1ccc(COc2cc(F)ccc2O)cc1. The number of benzene rings is 2. The maximum atomic E-state index is 13.0. The van der Waals surface area contributed by atoms with Gasteiger partial charge in [0.15, 0.2) is 11.5 Å². The van der Waals surface area contributed by atoms with E-state index in [9.17, 15) is 9.50 Å². The Morgan fingerprint density at radius 3 is 2.50 bits per heavy atom. The molecular weight excluding hydrogens is 235 g/mol. The van der Waals surface area contributed by atoms with E-state index in [4.69, 9.17) is 9.47 Å². The lowest BCUT2D eigenvalue weighted by Crippen LogP contribution is -1.96. The van der Waals surface area contributed by atoms with Crippen molar-refractivity contribution in [2.24, 2.45) is 0 Å². The molecule has 2 rings (SSSR count). The minimum Gasteiger partial charge on any atom is -0.504 e. The highest BCUT2D eigenvalue weighted by molar-refractivity contribution is 5.39. The van der Waals surface area contributed by atoms with Gasteiger partial charge in [-0.25, -0.2) is 4.39 Å². The summed E-state index contributed by atoms with van der Waals surface area (Å²) in [5.41, 5.74) is 0.902. The summed E-state index contributed by atoms with van der Waals surface area (Å²) in [5.74, 6) is 0.362. The van der Waals surface area contributed by atoms with Crippen LogP contribution in [0.25, 0.3) is 0 Å². The van der Waals surface area contributed by atoms with Gasteiger partial charge in [-0.15, -0.1) is 0 Å². The number of methoxy groups -OCH3 is 1. The van der Waals surface area contributed by atoms with Gasteiger partial charge in [0.05, 0.1) is 7.11 Å². The summed E-state index contributed by atoms with van der Waals surface area (Å²) in [6.07, 6.45) is 0. The van der Waals surface area contributed by atoms with E-state index in [1.807, 2.05) is 24.3 Å². The number of phenols is 1. The van der Waals surface area contributed by atoms with Crippen LogP contribution in [0, 0.1) is 5.82 Å². The van der Waals surface area contributed by atoms with Crippen LogP contribution >= 0.6 is 0 Å². The van der Waals surface area contributed by atoms with Crippen molar-refractivity contribution in [3.63, 3.8) is 0 Å². The fourth-order valence-corrected chi connectivity index (χ4v) is 1.49. The highest BCUT2D eigenvalue weighted by atomic mass is 19.1. The van der Waals surface area contributed by atoms with Gasteiger partial charge in [0.1, 0.15) is 18.2 Å². The Morgan fingerprint density at radius 2 is 1.83 bits per heavy atom. The fourth-order valence-electron chi connectivity index (χ4n) is 1.49. The molecule has 94 valence electrons. The number of hydrogen-bond acceptors (Lipinski definition) is 3. The van der Waals surface area contributed by atoms with Crippen molar-refractivity contribution in [2.75, 3.05) is 7.11 Å². The lowest BCUT2D eigenvalue weighted by Gasteiger charge is -2.08. The average Bonchev–Trinajstić information content (AvgIpc) is 2.40. The lowest BCUT2D eigenvalue weighted by molar-refractivity contribution is 0.287. The topological polar surface area (TPSA) is 38.7 Å². The Balaban J connectivity index is 2.04. The zero-order valence-electron chi connectivity index (χ0n) is 9.89. The van der Waals surface area contributed by atoms with Crippen molar-refractivity contribution >= 4 is 0 Å². The van der Waals surface area contributed by atoms with E-state index in [0.29, 0.717) is 0 Å². The van der Waals surface area contributed by atoms with Crippen LogP contribution in [0.2, 0.25) is 0 Å². The smallest absolute Gasteiger partial charge is 0.164 e. The normalized spacial score (nSPS) is 10.1. The molecule has 0 unspecified atom stereocenters. The highest BCUT2D eigenvalue weighted by Crippen LogP contribution is 2.27. The molecular formula is C14H13FO3. The summed E-state index contributed by atoms with van der Waals surface area (Å²) >= 11 is 0. The minimum atomic E-state index is -0.447. The van der Waals surface area contributed by atoms with E-state index in [2.05, 4.69) is 0 Å². The van der Waals surface area contributed by atoms with Gasteiger partial charge in [-0.2, -0.15) is 0 Å². The largest absolute Gasteiger partial charge is 0.504 e. The fraction of sp³-hybridized carbons (Fsp3) is 0.143. The van der Waals surface area contributed by atoms with Crippen molar-refractivity contribution in [1.29, 1.82) is 0 Å². The molecule has 0 saturated carbocycles. The second-order valence-corrected chi connectivity index (χ2v) is 3.75. The molecule has 18 heavy (non-hydrogen) atoms. The standard InChI is InChI=1S/C14H13FO3/c1-17-12-5-2-10(3-6-12)9-18-14-8-11(15)4-7-13(14)16/h2-8,16H,9H2,1H3. The molecule has 0 aliphatic rings. The zero-order chi connectivity index (χ0) is 13.0. The van der Waals surface area contributed by atoms with Crippen molar-refractivity contribution in [2.45, 2.75) is 6.61 Å². The first-order valence-corrected chi connectivity index (χ1v) is 5.43. The lowest BCUT2D eigenvalue weighted by atomic mass is 10.2. The van der Waals surface area contributed by atoms with Gasteiger partial charge >= 0.3 is 0 Å². The Morgan fingerprint density at radius 1 is 1.11 bits per heavy atom. The third kappa shape index (κ3) is 2.91. The second-order valence-electron chi connectivity index (χ2n) is 3.75. The number of phenolic OH excluding ortho intramolecular Hbond substituents is 1. The van der Waals surface area contributed by atoms with Crippen molar-refractivity contribution in [1.82, 2.24) is 0 Å². The van der Waals surface area contributed by atoms with Crippen LogP contribution in [0.3, 0.4) is 0 Å². The van der Waals surface area contributed by atoms with Gasteiger partial charge in [0.25, 0.3) is 0 Å². The molecule has 0 bridgehead atoms. The maximum Gasteiger partial charge on any atom is 0.164 e. The Labute approximate surface area is 104 Å². The quantitative estimate of drug-likeness (QED) is 0.903. The first-order chi connectivity index (χ1) is 8.69. The molecule has 0 spiro atoms. The van der Waals surface area contributed by atoms with Gasteiger partial charge in [-0.1, -0.05) is 12.1 Å². The number of ether oxygens (including phenoxy) is 2. The van der Waals surface area contributed by atoms with Crippen LogP contribution in [-0.4, -0.2) is 12.2 Å². The number of halogens is 1. The van der Waals surface area contributed by atoms with Crippen LogP contribution in [0.15, 0.2) is 42.5 Å².